The van der Waals surface area contributed by atoms with Crippen LogP contribution in [-0.4, -0.2) is 26.8 Å². The van der Waals surface area contributed by atoms with E-state index in [0.29, 0.717) is 16.5 Å². The number of hydrogen-bond acceptors (Lipinski definition) is 4. The van der Waals surface area contributed by atoms with Crippen molar-refractivity contribution >= 4 is 17.7 Å². The summed E-state index contributed by atoms with van der Waals surface area (Å²) in [4.78, 5) is 19.5. The predicted octanol–water partition coefficient (Wildman–Crippen LogP) is 3.07. The molecule has 0 aliphatic heterocycles. The molecule has 5 heteroatoms. The molecule has 0 fully saturated rings. The van der Waals surface area contributed by atoms with E-state index in [1.807, 2.05) is 0 Å². The summed E-state index contributed by atoms with van der Waals surface area (Å²) < 4.78 is 0. The van der Waals surface area contributed by atoms with Gasteiger partial charge >= 0.3 is 5.97 Å². The Morgan fingerprint density at radius 1 is 1.29 bits per heavy atom. The Kier molecular flexibility index (Phi) is 5.41. The number of unbranched alkanes of at least 4 members (excludes halogenated alkanes) is 2. The maximum atomic E-state index is 11.1. The van der Waals surface area contributed by atoms with E-state index in [1.54, 1.807) is 13.8 Å². The van der Waals surface area contributed by atoms with Gasteiger partial charge in [-0.2, -0.15) is 0 Å². The van der Waals surface area contributed by atoms with Gasteiger partial charge in [0.05, 0.1) is 5.69 Å². The second kappa shape index (κ2) is 6.59. The van der Waals surface area contributed by atoms with Crippen molar-refractivity contribution in [3.8, 4) is 0 Å². The van der Waals surface area contributed by atoms with Crippen LogP contribution in [0, 0.1) is 13.8 Å². The SMILES string of the molecule is CCCCCSc1nc(C)nc(C)c1C(=O)O. The number of nitrogens with zero attached hydrogens (tertiary/aromatic N) is 2. The molecule has 1 N–H and O–H groups in total. The molecule has 1 aromatic heterocycles. The van der Waals surface area contributed by atoms with E-state index >= 15 is 0 Å². The van der Waals surface area contributed by atoms with Gasteiger partial charge in [0, 0.05) is 0 Å². The number of carboxylic acids is 1. The predicted molar refractivity (Wildman–Crippen MR) is 68.7 cm³/mol. The van der Waals surface area contributed by atoms with Gasteiger partial charge in [-0.15, -0.1) is 11.8 Å². The Morgan fingerprint density at radius 3 is 2.59 bits per heavy atom. The van der Waals surface area contributed by atoms with Gasteiger partial charge < -0.3 is 5.11 Å². The minimum absolute atomic E-state index is 0.247. The standard InChI is InChI=1S/C12H18N2O2S/c1-4-5-6-7-17-11-10(12(15)16)8(2)13-9(3)14-11/h4-7H2,1-3H3,(H,15,16). The molecule has 0 bridgehead atoms. The summed E-state index contributed by atoms with van der Waals surface area (Å²) in [5, 5.41) is 9.74. The first-order valence-corrected chi connectivity index (χ1v) is 6.76. The van der Waals surface area contributed by atoms with E-state index in [9.17, 15) is 4.79 Å². The van der Waals surface area contributed by atoms with Gasteiger partial charge in [-0.05, 0) is 26.0 Å². The molecule has 0 amide bonds. The third-order valence-electron chi connectivity index (χ3n) is 2.37. The molecule has 0 saturated heterocycles. The average Bonchev–Trinajstić information content (AvgIpc) is 2.22. The fourth-order valence-electron chi connectivity index (χ4n) is 1.55. The average molecular weight is 254 g/mol. The highest BCUT2D eigenvalue weighted by atomic mass is 32.2. The first kappa shape index (κ1) is 14.0. The van der Waals surface area contributed by atoms with E-state index in [-0.39, 0.29) is 5.56 Å². The minimum Gasteiger partial charge on any atom is -0.478 e. The third kappa shape index (κ3) is 4.00. The number of aromatic nitrogens is 2. The maximum Gasteiger partial charge on any atom is 0.340 e. The van der Waals surface area contributed by atoms with Crippen LogP contribution in [0.4, 0.5) is 0 Å². The highest BCUT2D eigenvalue weighted by Crippen LogP contribution is 2.23. The van der Waals surface area contributed by atoms with Gasteiger partial charge in [0.2, 0.25) is 0 Å². The molecule has 1 rings (SSSR count). The van der Waals surface area contributed by atoms with Crippen LogP contribution < -0.4 is 0 Å². The zero-order valence-corrected chi connectivity index (χ0v) is 11.3. The van der Waals surface area contributed by atoms with Crippen molar-refractivity contribution in [2.24, 2.45) is 0 Å². The van der Waals surface area contributed by atoms with Crippen LogP contribution in [0.1, 0.15) is 48.1 Å². The number of aryl methyl sites for hydroxylation is 2. The zero-order valence-electron chi connectivity index (χ0n) is 10.5. The smallest absolute Gasteiger partial charge is 0.340 e. The highest BCUT2D eigenvalue weighted by molar-refractivity contribution is 7.99. The van der Waals surface area contributed by atoms with Gasteiger partial charge in [0.15, 0.2) is 0 Å². The quantitative estimate of drug-likeness (QED) is 0.480. The van der Waals surface area contributed by atoms with Crippen LogP contribution in [0.25, 0.3) is 0 Å². The van der Waals surface area contributed by atoms with Gasteiger partial charge in [0.1, 0.15) is 16.4 Å². The van der Waals surface area contributed by atoms with Crippen LogP contribution in [-0.2, 0) is 0 Å². The fourth-order valence-corrected chi connectivity index (χ4v) is 2.67. The molecule has 4 nitrogen and oxygen atoms in total. The maximum absolute atomic E-state index is 11.1. The number of rotatable bonds is 6. The molecule has 0 aliphatic carbocycles. The molecule has 17 heavy (non-hydrogen) atoms. The highest BCUT2D eigenvalue weighted by Gasteiger charge is 2.16. The summed E-state index contributed by atoms with van der Waals surface area (Å²) in [7, 11) is 0. The van der Waals surface area contributed by atoms with Crippen molar-refractivity contribution in [2.75, 3.05) is 5.75 Å². The Hall–Kier alpha value is -1.10. The number of hydrogen-bond donors (Lipinski definition) is 1. The lowest BCUT2D eigenvalue weighted by molar-refractivity contribution is 0.0690. The largest absolute Gasteiger partial charge is 0.478 e. The van der Waals surface area contributed by atoms with Crippen LogP contribution in [0.2, 0.25) is 0 Å². The number of thioether (sulfide) groups is 1. The molecule has 0 saturated carbocycles. The lowest BCUT2D eigenvalue weighted by Gasteiger charge is -2.08. The number of aromatic carboxylic acids is 1. The topological polar surface area (TPSA) is 63.1 Å². The molecule has 1 heterocycles. The number of carboxylic acid groups (broad SMARTS) is 1. The summed E-state index contributed by atoms with van der Waals surface area (Å²) in [6, 6.07) is 0. The summed E-state index contributed by atoms with van der Waals surface area (Å²) in [5.41, 5.74) is 0.792. The van der Waals surface area contributed by atoms with Crippen molar-refractivity contribution in [3.05, 3.63) is 17.1 Å². The first-order chi connectivity index (χ1) is 8.06. The first-order valence-electron chi connectivity index (χ1n) is 5.77. The van der Waals surface area contributed by atoms with Crippen molar-refractivity contribution in [1.82, 2.24) is 9.97 Å². The van der Waals surface area contributed by atoms with E-state index in [2.05, 4.69) is 16.9 Å². The summed E-state index contributed by atoms with van der Waals surface area (Å²) in [6.45, 7) is 5.65. The molecule has 0 atom stereocenters. The Balaban J connectivity index is 2.85. The van der Waals surface area contributed by atoms with Crippen LogP contribution in [0.3, 0.4) is 0 Å². The van der Waals surface area contributed by atoms with Gasteiger partial charge in [0.25, 0.3) is 0 Å². The van der Waals surface area contributed by atoms with Gasteiger partial charge in [-0.3, -0.25) is 0 Å². The molecule has 1 aromatic rings. The molecular formula is C12H18N2O2S. The minimum atomic E-state index is -0.944. The fraction of sp³-hybridized carbons (Fsp3) is 0.583. The molecular weight excluding hydrogens is 236 g/mol. The third-order valence-corrected chi connectivity index (χ3v) is 3.43. The lowest BCUT2D eigenvalue weighted by Crippen LogP contribution is -2.08. The zero-order chi connectivity index (χ0) is 12.8. The van der Waals surface area contributed by atoms with Crippen molar-refractivity contribution in [2.45, 2.75) is 45.1 Å². The summed E-state index contributed by atoms with van der Waals surface area (Å²) >= 11 is 1.51. The molecule has 0 aromatic carbocycles. The van der Waals surface area contributed by atoms with E-state index in [4.69, 9.17) is 5.11 Å². The Bertz CT molecular complexity index is 408. The van der Waals surface area contributed by atoms with Crippen LogP contribution in [0.15, 0.2) is 5.03 Å². The van der Waals surface area contributed by atoms with E-state index < -0.39 is 5.97 Å². The number of carbonyl (C=O) groups is 1. The lowest BCUT2D eigenvalue weighted by atomic mass is 10.2. The second-order valence-electron chi connectivity index (χ2n) is 3.90. The second-order valence-corrected chi connectivity index (χ2v) is 4.98. The van der Waals surface area contributed by atoms with Crippen LogP contribution >= 0.6 is 11.8 Å². The molecule has 0 unspecified atom stereocenters. The van der Waals surface area contributed by atoms with Gasteiger partial charge in [-0.1, -0.05) is 19.8 Å². The molecule has 0 radical (unpaired) electrons. The van der Waals surface area contributed by atoms with Crippen molar-refractivity contribution in [1.29, 1.82) is 0 Å². The monoisotopic (exact) mass is 254 g/mol. The van der Waals surface area contributed by atoms with Crippen LogP contribution in [0.5, 0.6) is 0 Å². The summed E-state index contributed by atoms with van der Waals surface area (Å²) in [6.07, 6.45) is 3.41. The normalized spacial score (nSPS) is 10.5. The summed E-state index contributed by atoms with van der Waals surface area (Å²) in [5.74, 6) is 0.593. The Morgan fingerprint density at radius 2 is 2.00 bits per heavy atom. The van der Waals surface area contributed by atoms with Crippen molar-refractivity contribution < 1.29 is 9.90 Å². The van der Waals surface area contributed by atoms with E-state index in [0.717, 1.165) is 18.6 Å². The molecule has 0 spiro atoms. The Labute approximate surface area is 106 Å². The van der Waals surface area contributed by atoms with Gasteiger partial charge in [-0.25, -0.2) is 14.8 Å². The van der Waals surface area contributed by atoms with Crippen molar-refractivity contribution in [3.63, 3.8) is 0 Å². The molecule has 0 aliphatic rings. The van der Waals surface area contributed by atoms with E-state index in [1.165, 1.54) is 18.2 Å². The molecule has 94 valence electrons.